The predicted octanol–water partition coefficient (Wildman–Crippen LogP) is 22.3. The van der Waals surface area contributed by atoms with Crippen molar-refractivity contribution >= 4 is 37.9 Å². The van der Waals surface area contributed by atoms with Crippen LogP contribution in [0.2, 0.25) is 0 Å². The Morgan fingerprint density at radius 2 is 0.675 bits per heavy atom. The monoisotopic (exact) mass is 1640 g/mol. The van der Waals surface area contributed by atoms with Gasteiger partial charge in [0.05, 0.1) is 81.8 Å². The van der Waals surface area contributed by atoms with Gasteiger partial charge in [-0.05, 0) is 226 Å². The molecule has 20 rings (SSSR count). The Morgan fingerprint density at radius 1 is 0.317 bits per heavy atom. The number of ether oxygens (including phenoxy) is 1. The summed E-state index contributed by atoms with van der Waals surface area (Å²) in [4.78, 5) is 40.8. The second-order valence-electron chi connectivity index (χ2n) is 29.3. The van der Waals surface area contributed by atoms with Crippen molar-refractivity contribution in [3.63, 3.8) is 0 Å². The van der Waals surface area contributed by atoms with Crippen molar-refractivity contribution in [2.24, 2.45) is 5.14 Å². The number of rotatable bonds is 14. The van der Waals surface area contributed by atoms with Crippen molar-refractivity contribution in [3.05, 3.63) is 387 Å². The maximum atomic E-state index is 13.8. The molecule has 4 N–H and O–H groups in total. The first-order chi connectivity index (χ1) is 59.7. The summed E-state index contributed by atoms with van der Waals surface area (Å²) in [5.41, 5.74) is 31.7. The summed E-state index contributed by atoms with van der Waals surface area (Å²) in [5, 5.41) is 5.21. The number of primary sulfonamides is 1. The zero-order chi connectivity index (χ0) is 85.0. The van der Waals surface area contributed by atoms with Crippen LogP contribution in [0.25, 0.3) is 157 Å². The van der Waals surface area contributed by atoms with Gasteiger partial charge in [0.1, 0.15) is 52.1 Å². The number of benzene rings is 7. The van der Waals surface area contributed by atoms with Gasteiger partial charge in [-0.2, -0.15) is 0 Å². The normalized spacial score (nSPS) is 11.3. The molecule has 0 aliphatic heterocycles. The third kappa shape index (κ3) is 16.8. The molecule has 7 aromatic carbocycles. The lowest BCUT2D eigenvalue weighted by molar-refractivity contribution is 0.415. The number of methoxy groups -OCH3 is 1. The molecule has 20 aromatic rings. The van der Waals surface area contributed by atoms with Gasteiger partial charge in [-0.3, -0.25) is 42.5 Å². The van der Waals surface area contributed by atoms with Gasteiger partial charge in [0, 0.05) is 157 Å². The number of hydrogen-bond acceptors (Lipinski definition) is 13. The molecule has 13 heterocycles. The average molecular weight is 1640 g/mol. The first kappa shape index (κ1) is 79.7. The number of fused-ring (bicyclic) bond motifs is 4. The lowest BCUT2D eigenvalue weighted by Gasteiger charge is -2.11. The number of anilines is 1. The van der Waals surface area contributed by atoms with E-state index in [0.717, 1.165) is 163 Å². The van der Waals surface area contributed by atoms with Crippen LogP contribution in [0.1, 0.15) is 22.3 Å². The van der Waals surface area contributed by atoms with Gasteiger partial charge in [0.25, 0.3) is 0 Å². The summed E-state index contributed by atoms with van der Waals surface area (Å²) in [7, 11) is -2.11. The minimum atomic E-state index is -3.76. The largest absolute Gasteiger partial charge is 0.497 e. The molecule has 0 radical (unpaired) electrons. The van der Waals surface area contributed by atoms with Crippen LogP contribution in [0.4, 0.5) is 23.2 Å². The molecule has 23 heteroatoms. The lowest BCUT2D eigenvalue weighted by Crippen LogP contribution is -2.11. The number of pyridine rings is 9. The second-order valence-corrected chi connectivity index (χ2v) is 30.9. The van der Waals surface area contributed by atoms with Crippen LogP contribution in [-0.2, 0) is 10.0 Å². The first-order valence-electron chi connectivity index (χ1n) is 39.1. The molecule has 0 saturated carbocycles. The standard InChI is InChI=1S/C26H20FN3O.C25H19FN4O2S.C25H19FN4.C24H17FN4/c1-17-13-18(9-11-24(17)27)25-23(7-4-12-28-25)20-8-10-21-15-29-26(30(21)16-20)19-5-3-6-22(14-19)31-2;1-16-13-18(6-10-22(16)26)25-21(3-2-12-28-25)19-7-11-24-29-14-23(30(24)15-19)17-4-8-20(9-5-17)33(27,31)32;1-16-12-17(8-10-23(16)26)24-22(6-3-11-28-24)19-7-9-21-14-29-25(30(21)15-19)18-4-2-5-20(27)13-18;1-16-13-18(5-7-22(16)25)23-21(3-2-10-27-23)19-4-6-20-14-28-24(29(20)15-19)17-8-11-26-12-9-17/h3-16H,1-2H3;2-15H,1H3,(H2,27,31,32);2-15H,27H2,1H3;2-15H,1H3. The summed E-state index contributed by atoms with van der Waals surface area (Å²) in [6, 6.07) is 77.8. The fraction of sp³-hybridized carbons (Fsp3) is 0.0500. The van der Waals surface area contributed by atoms with E-state index in [0.29, 0.717) is 27.9 Å². The number of nitrogens with two attached hydrogens (primary N) is 2. The van der Waals surface area contributed by atoms with E-state index < -0.39 is 10.0 Å². The highest BCUT2D eigenvalue weighted by atomic mass is 32.2. The molecular formula is C100H75F4N15O3S. The van der Waals surface area contributed by atoms with E-state index in [1.54, 1.807) is 121 Å². The van der Waals surface area contributed by atoms with Gasteiger partial charge in [-0.25, -0.2) is 51.1 Å². The quantitative estimate of drug-likeness (QED) is 0.0763. The maximum absolute atomic E-state index is 13.8. The van der Waals surface area contributed by atoms with Gasteiger partial charge >= 0.3 is 0 Å². The minimum Gasteiger partial charge on any atom is -0.497 e. The summed E-state index contributed by atoms with van der Waals surface area (Å²) in [6.07, 6.45) is 25.9. The molecule has 0 aliphatic rings. The smallest absolute Gasteiger partial charge is 0.238 e. The third-order valence-electron chi connectivity index (χ3n) is 21.2. The van der Waals surface area contributed by atoms with Crippen LogP contribution in [0.3, 0.4) is 0 Å². The van der Waals surface area contributed by atoms with Crippen molar-refractivity contribution in [1.29, 1.82) is 0 Å². The molecule has 0 atom stereocenters. The van der Waals surface area contributed by atoms with Gasteiger partial charge < -0.3 is 10.5 Å². The van der Waals surface area contributed by atoms with E-state index in [2.05, 4.69) is 94.8 Å². The number of sulfonamides is 1. The van der Waals surface area contributed by atoms with E-state index >= 15 is 0 Å². The molecule has 0 saturated heterocycles. The van der Waals surface area contributed by atoms with Gasteiger partial charge in [-0.15, -0.1) is 0 Å². The van der Waals surface area contributed by atoms with Crippen molar-refractivity contribution < 1.29 is 30.7 Å². The van der Waals surface area contributed by atoms with Gasteiger partial charge in [0.15, 0.2) is 0 Å². The molecule has 0 aliphatic carbocycles. The zero-order valence-electron chi connectivity index (χ0n) is 66.9. The number of halogens is 4. The summed E-state index contributed by atoms with van der Waals surface area (Å²) in [5.74, 6) is 2.38. The predicted molar refractivity (Wildman–Crippen MR) is 476 cm³/mol. The Balaban J connectivity index is 0.000000116. The summed E-state index contributed by atoms with van der Waals surface area (Å²) in [6.45, 7) is 7.02. The fourth-order valence-corrected chi connectivity index (χ4v) is 15.4. The number of aryl methyl sites for hydroxylation is 4. The van der Waals surface area contributed by atoms with Crippen molar-refractivity contribution in [2.45, 2.75) is 32.6 Å². The van der Waals surface area contributed by atoms with Crippen LogP contribution in [0.5, 0.6) is 5.75 Å². The zero-order valence-corrected chi connectivity index (χ0v) is 67.8. The Kier molecular flexibility index (Phi) is 22.2. The van der Waals surface area contributed by atoms with Crippen LogP contribution >= 0.6 is 0 Å². The Bertz CT molecular complexity index is 7500. The Morgan fingerprint density at radius 3 is 1.06 bits per heavy atom. The molecule has 0 bridgehead atoms. The second kappa shape index (κ2) is 34.3. The molecule has 13 aromatic heterocycles. The molecule has 0 unspecified atom stereocenters. The molecule has 602 valence electrons. The number of hydrogen-bond donors (Lipinski definition) is 2. The van der Waals surface area contributed by atoms with E-state index in [4.69, 9.17) is 15.6 Å². The Hall–Kier alpha value is -15.7. The van der Waals surface area contributed by atoms with Crippen LogP contribution < -0.4 is 15.6 Å². The van der Waals surface area contributed by atoms with E-state index in [1.807, 2.05) is 187 Å². The SMILES string of the molecule is COc1cccc(-c2ncc3ccc(-c4cccnc4-c4ccc(F)c(C)c4)cn23)c1.Cc1cc(-c2ncccc2-c2ccc3cnc(-c4cccc(N)c4)n3c2)ccc1F.Cc1cc(-c2ncccc2-c2ccc3cnc(-c4ccncc4)n3c2)ccc1F.Cc1cc(-c2ncccc2-c2ccc3ncc(-c4ccc(S(N)(=O)=O)cc4)n3c2)ccc1F. The highest BCUT2D eigenvalue weighted by molar-refractivity contribution is 7.89. The number of aromatic nitrogens is 13. The number of nitrogens with zero attached hydrogens (tertiary/aromatic N) is 13. The number of imidazole rings is 4. The molecule has 0 fully saturated rings. The average Bonchev–Trinajstić information content (AvgIpc) is 1.70. The van der Waals surface area contributed by atoms with Crippen LogP contribution in [0, 0.1) is 51.0 Å². The third-order valence-corrected chi connectivity index (χ3v) is 22.1. The summed E-state index contributed by atoms with van der Waals surface area (Å²) >= 11 is 0. The first-order valence-corrected chi connectivity index (χ1v) is 40.6. The number of nitrogen functional groups attached to an aromatic ring is 1. The lowest BCUT2D eigenvalue weighted by atomic mass is 9.99. The van der Waals surface area contributed by atoms with Crippen molar-refractivity contribution in [2.75, 3.05) is 12.8 Å². The van der Waals surface area contributed by atoms with Crippen LogP contribution in [-0.4, -0.2) is 78.0 Å². The highest BCUT2D eigenvalue weighted by Gasteiger charge is 2.21. The van der Waals surface area contributed by atoms with E-state index in [1.165, 1.54) is 36.4 Å². The van der Waals surface area contributed by atoms with Gasteiger partial charge in [0.2, 0.25) is 10.0 Å². The molecule has 123 heavy (non-hydrogen) atoms. The summed E-state index contributed by atoms with van der Waals surface area (Å²) < 4.78 is 91.7. The van der Waals surface area contributed by atoms with Crippen LogP contribution in [0.15, 0.2) is 346 Å². The fourth-order valence-electron chi connectivity index (χ4n) is 14.8. The van der Waals surface area contributed by atoms with Crippen molar-refractivity contribution in [1.82, 2.24) is 62.5 Å². The van der Waals surface area contributed by atoms with Crippen molar-refractivity contribution in [3.8, 4) is 141 Å². The van der Waals surface area contributed by atoms with E-state index in [-0.39, 0.29) is 28.2 Å². The molecular weight excluding hydrogens is 1570 g/mol. The molecule has 0 spiro atoms. The Labute approximate surface area is 705 Å². The maximum Gasteiger partial charge on any atom is 0.238 e. The topological polar surface area (TPSA) is 229 Å². The van der Waals surface area contributed by atoms with Gasteiger partial charge in [-0.1, -0.05) is 78.9 Å². The van der Waals surface area contributed by atoms with E-state index in [9.17, 15) is 26.0 Å². The minimum absolute atomic E-state index is 0.0513. The molecule has 18 nitrogen and oxygen atoms in total. The highest BCUT2D eigenvalue weighted by Crippen LogP contribution is 2.39. The molecule has 0 amide bonds.